The highest BCUT2D eigenvalue weighted by atomic mass is 16.3. The first-order chi connectivity index (χ1) is 24.8. The number of amides is 7. The van der Waals surface area contributed by atoms with Crippen molar-refractivity contribution in [3.05, 3.63) is 72.1 Å². The van der Waals surface area contributed by atoms with Crippen LogP contribution in [0.5, 0.6) is 0 Å². The van der Waals surface area contributed by atoms with Crippen LogP contribution in [-0.4, -0.2) is 99.8 Å². The maximum Gasteiger partial charge on any atom is 0.243 e. The number of primary amides is 1. The molecule has 52 heavy (non-hydrogen) atoms. The van der Waals surface area contributed by atoms with Crippen LogP contribution < -0.4 is 37.6 Å². The molecule has 2 aromatic heterocycles. The second-order valence-electron chi connectivity index (χ2n) is 12.3. The van der Waals surface area contributed by atoms with Crippen molar-refractivity contribution in [2.75, 3.05) is 13.2 Å². The van der Waals surface area contributed by atoms with E-state index in [4.69, 9.17) is 5.73 Å². The van der Waals surface area contributed by atoms with Crippen LogP contribution in [0.4, 0.5) is 0 Å². The number of aromatic amines is 2. The van der Waals surface area contributed by atoms with Crippen molar-refractivity contribution in [1.82, 2.24) is 41.9 Å². The van der Waals surface area contributed by atoms with E-state index in [9.17, 15) is 38.7 Å². The number of nitrogens with one attached hydrogen (secondary N) is 8. The van der Waals surface area contributed by atoms with E-state index in [1.165, 1.54) is 20.8 Å². The molecule has 0 saturated heterocycles. The Kier molecular flexibility index (Phi) is 13.1. The fraction of sp³-hybridized carbons (Fsp3) is 0.343. The molecule has 0 fully saturated rings. The average molecular weight is 718 g/mol. The average Bonchev–Trinajstić information content (AvgIpc) is 3.72. The summed E-state index contributed by atoms with van der Waals surface area (Å²) in [5.74, 6) is -5.00. The molecule has 2 heterocycles. The van der Waals surface area contributed by atoms with Crippen molar-refractivity contribution in [1.29, 1.82) is 0 Å². The van der Waals surface area contributed by atoms with Gasteiger partial charge in [-0.05, 0) is 37.1 Å². The number of aliphatic hydroxyl groups is 1. The largest absolute Gasteiger partial charge is 0.394 e. The molecule has 17 heteroatoms. The van der Waals surface area contributed by atoms with Crippen LogP contribution in [0, 0.1) is 0 Å². The Bertz CT molecular complexity index is 1950. The standard InChI is InChI=1S/C35H43N9O8/c1-18(32(49)39-16-30(47)42-29(17-45)31(36)48)41-34(51)27(12-21-14-37-25-10-6-4-8-23(21)25)44-35(52)28(43-33(50)19(2)40-20(3)46)13-22-15-38-26-11-7-5-9-24(22)26/h4-11,14-15,18-19,27-29,37-38,45H,12-13,16-17H2,1-3H3,(H2,36,48)(H,39,49)(H,40,46)(H,41,51)(H,42,47)(H,43,50)(H,44,52)/t18-,19-,27-,28-,29-/m0/s1. The zero-order valence-electron chi connectivity index (χ0n) is 28.9. The number of nitrogens with two attached hydrogens (primary N) is 1. The summed E-state index contributed by atoms with van der Waals surface area (Å²) in [5.41, 5.74) is 8.13. The number of aromatic nitrogens is 2. The van der Waals surface area contributed by atoms with Crippen molar-refractivity contribution in [3.8, 4) is 0 Å². The van der Waals surface area contributed by atoms with Gasteiger partial charge >= 0.3 is 0 Å². The zero-order chi connectivity index (χ0) is 37.9. The van der Waals surface area contributed by atoms with E-state index in [0.29, 0.717) is 5.56 Å². The predicted molar refractivity (Wildman–Crippen MR) is 190 cm³/mol. The van der Waals surface area contributed by atoms with Crippen molar-refractivity contribution in [2.45, 2.75) is 63.8 Å². The van der Waals surface area contributed by atoms with Gasteiger partial charge in [0, 0.05) is 54.0 Å². The van der Waals surface area contributed by atoms with Gasteiger partial charge in [0.05, 0.1) is 13.2 Å². The van der Waals surface area contributed by atoms with Gasteiger partial charge in [-0.1, -0.05) is 36.4 Å². The smallest absolute Gasteiger partial charge is 0.243 e. The maximum atomic E-state index is 14.1. The van der Waals surface area contributed by atoms with Gasteiger partial charge in [-0.25, -0.2) is 0 Å². The molecule has 0 unspecified atom stereocenters. The Labute approximate surface area is 298 Å². The lowest BCUT2D eigenvalue weighted by Gasteiger charge is -2.25. The van der Waals surface area contributed by atoms with Gasteiger partial charge in [-0.3, -0.25) is 33.6 Å². The van der Waals surface area contributed by atoms with Crippen LogP contribution in [0.1, 0.15) is 31.9 Å². The second-order valence-corrected chi connectivity index (χ2v) is 12.3. The van der Waals surface area contributed by atoms with Gasteiger partial charge < -0.3 is 52.7 Å². The van der Waals surface area contributed by atoms with Gasteiger partial charge in [-0.15, -0.1) is 0 Å². The molecule has 17 nitrogen and oxygen atoms in total. The number of H-pyrrole nitrogens is 2. The molecule has 4 aromatic rings. The van der Waals surface area contributed by atoms with Gasteiger partial charge in [-0.2, -0.15) is 0 Å². The highest BCUT2D eigenvalue weighted by Crippen LogP contribution is 2.21. The minimum atomic E-state index is -1.34. The summed E-state index contributed by atoms with van der Waals surface area (Å²) in [6, 6.07) is 8.85. The number of aliphatic hydroxyl groups excluding tert-OH is 1. The Morgan fingerprint density at radius 3 is 1.63 bits per heavy atom. The number of benzene rings is 2. The topological polar surface area (TPSA) is 270 Å². The minimum absolute atomic E-state index is 0.00988. The third-order valence-corrected chi connectivity index (χ3v) is 8.31. The first kappa shape index (κ1) is 38.6. The molecule has 11 N–H and O–H groups in total. The molecule has 2 aromatic carbocycles. The van der Waals surface area contributed by atoms with Crippen LogP contribution in [0.15, 0.2) is 60.9 Å². The second kappa shape index (κ2) is 17.6. The van der Waals surface area contributed by atoms with Crippen LogP contribution in [0.25, 0.3) is 21.8 Å². The first-order valence-electron chi connectivity index (χ1n) is 16.5. The van der Waals surface area contributed by atoms with E-state index in [1.807, 2.05) is 48.5 Å². The van der Waals surface area contributed by atoms with Crippen molar-refractivity contribution in [3.63, 3.8) is 0 Å². The van der Waals surface area contributed by atoms with Crippen molar-refractivity contribution < 1.29 is 38.7 Å². The van der Waals surface area contributed by atoms with Crippen LogP contribution >= 0.6 is 0 Å². The highest BCUT2D eigenvalue weighted by molar-refractivity contribution is 5.97. The predicted octanol–water partition coefficient (Wildman–Crippen LogP) is -1.49. The van der Waals surface area contributed by atoms with E-state index < -0.39 is 84.7 Å². The quantitative estimate of drug-likeness (QED) is 0.0613. The summed E-state index contributed by atoms with van der Waals surface area (Å²) >= 11 is 0. The van der Waals surface area contributed by atoms with E-state index in [1.54, 1.807) is 12.4 Å². The molecule has 7 amide bonds. The summed E-state index contributed by atoms with van der Waals surface area (Å²) < 4.78 is 0. The Hall–Kier alpha value is -6.23. The summed E-state index contributed by atoms with van der Waals surface area (Å²) in [4.78, 5) is 95.2. The SMILES string of the molecule is CC(=O)N[C@@H](C)C(=O)N[C@@H](Cc1c[nH]c2ccccc12)C(=O)N[C@@H](Cc1c[nH]c2ccccc12)C(=O)N[C@@H](C)C(=O)NCC(=O)N[C@@H](CO)C(N)=O. The molecule has 0 bridgehead atoms. The van der Waals surface area contributed by atoms with Gasteiger partial charge in [0.25, 0.3) is 0 Å². The summed E-state index contributed by atoms with van der Waals surface area (Å²) in [6.45, 7) is 2.80. The summed E-state index contributed by atoms with van der Waals surface area (Å²) in [5, 5.41) is 25.9. The number of hydrogen-bond donors (Lipinski definition) is 10. The number of carbonyl (C=O) groups is 7. The van der Waals surface area contributed by atoms with E-state index in [2.05, 4.69) is 41.9 Å². The third kappa shape index (κ3) is 10.2. The zero-order valence-corrected chi connectivity index (χ0v) is 28.9. The maximum absolute atomic E-state index is 14.1. The number of fused-ring (bicyclic) bond motifs is 2. The molecule has 0 spiro atoms. The van der Waals surface area contributed by atoms with E-state index >= 15 is 0 Å². The molecule has 276 valence electrons. The normalized spacial score (nSPS) is 13.9. The molecule has 0 radical (unpaired) electrons. The van der Waals surface area contributed by atoms with Crippen LogP contribution in [0.3, 0.4) is 0 Å². The number of rotatable bonds is 17. The van der Waals surface area contributed by atoms with Gasteiger partial charge in [0.15, 0.2) is 0 Å². The molecule has 0 aliphatic rings. The third-order valence-electron chi connectivity index (χ3n) is 8.31. The van der Waals surface area contributed by atoms with Gasteiger partial charge in [0.2, 0.25) is 41.4 Å². The Balaban J connectivity index is 1.55. The molecule has 5 atom stereocenters. The number of para-hydroxylation sites is 2. The summed E-state index contributed by atoms with van der Waals surface area (Å²) in [7, 11) is 0. The van der Waals surface area contributed by atoms with E-state index in [-0.39, 0.29) is 12.8 Å². The monoisotopic (exact) mass is 717 g/mol. The molecule has 0 aliphatic heterocycles. The van der Waals surface area contributed by atoms with E-state index in [0.717, 1.165) is 27.4 Å². The fourth-order valence-corrected chi connectivity index (χ4v) is 5.55. The number of hydrogen-bond acceptors (Lipinski definition) is 8. The first-order valence-corrected chi connectivity index (χ1v) is 16.5. The molecule has 0 saturated carbocycles. The Morgan fingerprint density at radius 1 is 0.654 bits per heavy atom. The van der Waals surface area contributed by atoms with Crippen LogP contribution in [0.2, 0.25) is 0 Å². The minimum Gasteiger partial charge on any atom is -0.394 e. The molecule has 4 rings (SSSR count). The lowest BCUT2D eigenvalue weighted by atomic mass is 10.0. The molecular formula is C35H43N9O8. The summed E-state index contributed by atoms with van der Waals surface area (Å²) in [6.07, 6.45) is 3.45. The fourth-order valence-electron chi connectivity index (χ4n) is 5.55. The lowest BCUT2D eigenvalue weighted by molar-refractivity contribution is -0.134. The van der Waals surface area contributed by atoms with Crippen molar-refractivity contribution >= 4 is 63.2 Å². The highest BCUT2D eigenvalue weighted by Gasteiger charge is 2.31. The van der Waals surface area contributed by atoms with Crippen LogP contribution in [-0.2, 0) is 46.4 Å². The Morgan fingerprint density at radius 2 is 1.13 bits per heavy atom. The van der Waals surface area contributed by atoms with Gasteiger partial charge in [0.1, 0.15) is 30.2 Å². The van der Waals surface area contributed by atoms with Crippen molar-refractivity contribution in [2.24, 2.45) is 5.73 Å². The lowest BCUT2D eigenvalue weighted by Crippen LogP contribution is -2.58. The molecule has 0 aliphatic carbocycles. The number of carbonyl (C=O) groups excluding carboxylic acids is 7. The molecular weight excluding hydrogens is 674 g/mol.